The summed E-state index contributed by atoms with van der Waals surface area (Å²) >= 11 is 0. The Labute approximate surface area is 123 Å². The van der Waals surface area contributed by atoms with Crippen molar-refractivity contribution in [1.29, 1.82) is 0 Å². The summed E-state index contributed by atoms with van der Waals surface area (Å²) in [5.41, 5.74) is 6.18. The number of hydrogen-bond acceptors (Lipinski definition) is 0. The molecule has 0 aliphatic carbocycles. The van der Waals surface area contributed by atoms with Crippen LogP contribution in [0.25, 0.3) is 33.2 Å². The van der Waals surface area contributed by atoms with Crippen molar-refractivity contribution in [3.8, 4) is 22.3 Å². The zero-order chi connectivity index (χ0) is 14.1. The van der Waals surface area contributed by atoms with Crippen molar-refractivity contribution in [2.24, 2.45) is 0 Å². The van der Waals surface area contributed by atoms with Crippen molar-refractivity contribution in [1.82, 2.24) is 4.98 Å². The van der Waals surface area contributed by atoms with E-state index in [2.05, 4.69) is 84.0 Å². The van der Waals surface area contributed by atoms with E-state index in [0.29, 0.717) is 0 Å². The molecular weight excluding hydrogens is 254 g/mol. The second-order valence-electron chi connectivity index (χ2n) is 5.19. The van der Waals surface area contributed by atoms with Crippen molar-refractivity contribution in [3.63, 3.8) is 0 Å². The van der Waals surface area contributed by atoms with Gasteiger partial charge in [0.1, 0.15) is 0 Å². The highest BCUT2D eigenvalue weighted by atomic mass is 14.7. The zero-order valence-electron chi connectivity index (χ0n) is 11.6. The SMILES string of the molecule is c1ccc(-c2ccc(-c3c[nH]c4ccccc34)cc2)cc1. The number of aromatic amines is 1. The molecule has 0 saturated heterocycles. The van der Waals surface area contributed by atoms with Crippen molar-refractivity contribution in [2.45, 2.75) is 0 Å². The summed E-state index contributed by atoms with van der Waals surface area (Å²) in [6.45, 7) is 0. The van der Waals surface area contributed by atoms with E-state index in [-0.39, 0.29) is 0 Å². The average molecular weight is 269 g/mol. The lowest BCUT2D eigenvalue weighted by molar-refractivity contribution is 1.47. The van der Waals surface area contributed by atoms with Gasteiger partial charge in [-0.2, -0.15) is 0 Å². The predicted molar refractivity (Wildman–Crippen MR) is 89.2 cm³/mol. The maximum Gasteiger partial charge on any atom is 0.0460 e. The second-order valence-corrected chi connectivity index (χ2v) is 5.19. The van der Waals surface area contributed by atoms with E-state index in [4.69, 9.17) is 0 Å². The normalized spacial score (nSPS) is 10.9. The minimum absolute atomic E-state index is 1.18. The van der Waals surface area contributed by atoms with Gasteiger partial charge in [-0.15, -0.1) is 0 Å². The molecule has 0 spiro atoms. The third-order valence-corrected chi connectivity index (χ3v) is 3.89. The van der Waals surface area contributed by atoms with E-state index in [1.165, 1.54) is 33.2 Å². The van der Waals surface area contributed by atoms with E-state index in [0.717, 1.165) is 0 Å². The summed E-state index contributed by atoms with van der Waals surface area (Å²) < 4.78 is 0. The highest BCUT2D eigenvalue weighted by Crippen LogP contribution is 2.30. The molecular formula is C20H15N. The highest BCUT2D eigenvalue weighted by Gasteiger charge is 2.05. The molecule has 4 rings (SSSR count). The van der Waals surface area contributed by atoms with Gasteiger partial charge >= 0.3 is 0 Å². The third kappa shape index (κ3) is 2.13. The fourth-order valence-corrected chi connectivity index (χ4v) is 2.78. The Bertz CT molecular complexity index is 871. The maximum absolute atomic E-state index is 3.33. The van der Waals surface area contributed by atoms with Gasteiger partial charge in [0.05, 0.1) is 0 Å². The lowest BCUT2D eigenvalue weighted by atomic mass is 10.00. The van der Waals surface area contributed by atoms with Crippen LogP contribution in [0.3, 0.4) is 0 Å². The van der Waals surface area contributed by atoms with Crippen LogP contribution < -0.4 is 0 Å². The molecule has 4 aromatic rings. The molecule has 0 aliphatic rings. The first-order valence-electron chi connectivity index (χ1n) is 7.14. The Balaban J connectivity index is 1.77. The molecule has 0 atom stereocenters. The number of benzene rings is 3. The Morgan fingerprint density at radius 3 is 1.95 bits per heavy atom. The first-order chi connectivity index (χ1) is 10.4. The monoisotopic (exact) mass is 269 g/mol. The molecule has 0 amide bonds. The number of nitrogens with one attached hydrogen (secondary N) is 1. The quantitative estimate of drug-likeness (QED) is 0.494. The fourth-order valence-electron chi connectivity index (χ4n) is 2.78. The van der Waals surface area contributed by atoms with Crippen LogP contribution in [0.4, 0.5) is 0 Å². The van der Waals surface area contributed by atoms with Crippen molar-refractivity contribution >= 4 is 10.9 Å². The smallest absolute Gasteiger partial charge is 0.0460 e. The Kier molecular flexibility index (Phi) is 2.82. The summed E-state index contributed by atoms with van der Waals surface area (Å²) in [4.78, 5) is 3.33. The van der Waals surface area contributed by atoms with Crippen LogP contribution in [0.5, 0.6) is 0 Å². The summed E-state index contributed by atoms with van der Waals surface area (Å²) in [5, 5.41) is 1.27. The number of rotatable bonds is 2. The van der Waals surface area contributed by atoms with Crippen LogP contribution in [-0.2, 0) is 0 Å². The summed E-state index contributed by atoms with van der Waals surface area (Å²) in [7, 11) is 0. The summed E-state index contributed by atoms with van der Waals surface area (Å²) in [6, 6.07) is 27.6. The van der Waals surface area contributed by atoms with Crippen LogP contribution >= 0.6 is 0 Å². The van der Waals surface area contributed by atoms with Gasteiger partial charge < -0.3 is 4.98 Å². The molecule has 1 aromatic heterocycles. The van der Waals surface area contributed by atoms with Crippen LogP contribution in [0, 0.1) is 0 Å². The van der Waals surface area contributed by atoms with Crippen molar-refractivity contribution in [3.05, 3.63) is 85.1 Å². The topological polar surface area (TPSA) is 15.8 Å². The molecule has 0 unspecified atom stereocenters. The van der Waals surface area contributed by atoms with Crippen LogP contribution in [0.15, 0.2) is 85.1 Å². The van der Waals surface area contributed by atoms with E-state index < -0.39 is 0 Å². The molecule has 1 N–H and O–H groups in total. The van der Waals surface area contributed by atoms with Gasteiger partial charge in [-0.05, 0) is 22.8 Å². The van der Waals surface area contributed by atoms with E-state index >= 15 is 0 Å². The molecule has 0 fully saturated rings. The van der Waals surface area contributed by atoms with Gasteiger partial charge in [-0.1, -0.05) is 72.8 Å². The number of hydrogen-bond donors (Lipinski definition) is 1. The van der Waals surface area contributed by atoms with Gasteiger partial charge in [0.15, 0.2) is 0 Å². The molecule has 0 saturated carbocycles. The highest BCUT2D eigenvalue weighted by molar-refractivity contribution is 5.95. The lowest BCUT2D eigenvalue weighted by Crippen LogP contribution is -1.79. The minimum Gasteiger partial charge on any atom is -0.361 e. The van der Waals surface area contributed by atoms with Gasteiger partial charge in [0.25, 0.3) is 0 Å². The molecule has 100 valence electrons. The number of H-pyrrole nitrogens is 1. The second kappa shape index (κ2) is 4.95. The van der Waals surface area contributed by atoms with Crippen molar-refractivity contribution < 1.29 is 0 Å². The minimum atomic E-state index is 1.18. The fraction of sp³-hybridized carbons (Fsp3) is 0. The largest absolute Gasteiger partial charge is 0.361 e. The Morgan fingerprint density at radius 1 is 0.524 bits per heavy atom. The van der Waals surface area contributed by atoms with Gasteiger partial charge in [0, 0.05) is 22.7 Å². The van der Waals surface area contributed by atoms with E-state index in [1.807, 2.05) is 6.07 Å². The molecule has 1 heterocycles. The molecule has 0 bridgehead atoms. The van der Waals surface area contributed by atoms with Gasteiger partial charge in [-0.3, -0.25) is 0 Å². The zero-order valence-corrected chi connectivity index (χ0v) is 11.6. The first-order valence-corrected chi connectivity index (χ1v) is 7.14. The molecule has 21 heavy (non-hydrogen) atoms. The Hall–Kier alpha value is -2.80. The van der Waals surface area contributed by atoms with Crippen molar-refractivity contribution in [2.75, 3.05) is 0 Å². The summed E-state index contributed by atoms with van der Waals surface area (Å²) in [5.74, 6) is 0. The molecule has 3 aromatic carbocycles. The maximum atomic E-state index is 3.33. The third-order valence-electron chi connectivity index (χ3n) is 3.89. The molecule has 0 radical (unpaired) electrons. The molecule has 0 aliphatic heterocycles. The standard InChI is InChI=1S/C20H15N/c1-2-6-15(7-3-1)16-10-12-17(13-11-16)19-14-21-20-9-5-4-8-18(19)20/h1-14,21H. The predicted octanol–water partition coefficient (Wildman–Crippen LogP) is 5.50. The Morgan fingerprint density at radius 2 is 1.14 bits per heavy atom. The lowest BCUT2D eigenvalue weighted by Gasteiger charge is -2.04. The molecule has 1 heteroatoms. The van der Waals surface area contributed by atoms with E-state index in [1.54, 1.807) is 0 Å². The van der Waals surface area contributed by atoms with Crippen LogP contribution in [0.1, 0.15) is 0 Å². The number of aromatic nitrogens is 1. The van der Waals surface area contributed by atoms with Gasteiger partial charge in [-0.25, -0.2) is 0 Å². The number of para-hydroxylation sites is 1. The van der Waals surface area contributed by atoms with E-state index in [9.17, 15) is 0 Å². The summed E-state index contributed by atoms with van der Waals surface area (Å²) in [6.07, 6.45) is 2.09. The van der Waals surface area contributed by atoms with Crippen LogP contribution in [-0.4, -0.2) is 4.98 Å². The van der Waals surface area contributed by atoms with Gasteiger partial charge in [0.2, 0.25) is 0 Å². The average Bonchev–Trinajstić information content (AvgIpc) is 3.00. The molecule has 1 nitrogen and oxygen atoms in total. The van der Waals surface area contributed by atoms with Crippen LogP contribution in [0.2, 0.25) is 0 Å². The first kappa shape index (κ1) is 12.0. The number of fused-ring (bicyclic) bond motifs is 1.